The van der Waals surface area contributed by atoms with Crippen molar-refractivity contribution < 1.29 is 0 Å². The van der Waals surface area contributed by atoms with Crippen LogP contribution in [0.15, 0.2) is 29.6 Å². The third kappa shape index (κ3) is 3.55. The van der Waals surface area contributed by atoms with Crippen molar-refractivity contribution in [2.75, 3.05) is 7.05 Å². The van der Waals surface area contributed by atoms with Gasteiger partial charge in [0.25, 0.3) is 0 Å². The quantitative estimate of drug-likeness (QED) is 0.823. The van der Waals surface area contributed by atoms with Gasteiger partial charge in [-0.2, -0.15) is 0 Å². The van der Waals surface area contributed by atoms with Gasteiger partial charge in [0, 0.05) is 23.5 Å². The molecule has 2 aromatic rings. The van der Waals surface area contributed by atoms with Crippen LogP contribution >= 0.6 is 22.9 Å². The molecule has 0 atom stereocenters. The molecule has 96 valence electrons. The summed E-state index contributed by atoms with van der Waals surface area (Å²) in [6.07, 6.45) is 1.01. The Labute approximate surface area is 117 Å². The van der Waals surface area contributed by atoms with Crippen LogP contribution < -0.4 is 0 Å². The summed E-state index contributed by atoms with van der Waals surface area (Å²) in [4.78, 5) is 6.81. The maximum Gasteiger partial charge on any atom is 0.0926 e. The van der Waals surface area contributed by atoms with Crippen molar-refractivity contribution in [1.82, 2.24) is 9.88 Å². The Balaban J connectivity index is 1.96. The fourth-order valence-electron chi connectivity index (χ4n) is 1.83. The van der Waals surface area contributed by atoms with Gasteiger partial charge < -0.3 is 0 Å². The lowest BCUT2D eigenvalue weighted by Gasteiger charge is -2.16. The topological polar surface area (TPSA) is 16.1 Å². The molecular formula is C14H17ClN2S. The second kappa shape index (κ2) is 6.32. The number of nitrogens with zero attached hydrogens (tertiary/aromatic N) is 2. The normalized spacial score (nSPS) is 11.1. The molecule has 0 fully saturated rings. The Kier molecular flexibility index (Phi) is 4.75. The summed E-state index contributed by atoms with van der Waals surface area (Å²) in [5, 5.41) is 4.18. The first-order valence-corrected chi connectivity index (χ1v) is 7.30. The Morgan fingerprint density at radius 3 is 2.72 bits per heavy atom. The Bertz CT molecular complexity index is 510. The molecule has 0 radical (unpaired) electrons. The van der Waals surface area contributed by atoms with E-state index in [4.69, 9.17) is 11.6 Å². The molecule has 0 spiro atoms. The van der Waals surface area contributed by atoms with Crippen molar-refractivity contribution in [2.45, 2.75) is 26.4 Å². The van der Waals surface area contributed by atoms with E-state index in [1.807, 2.05) is 18.2 Å². The molecule has 18 heavy (non-hydrogen) atoms. The van der Waals surface area contributed by atoms with E-state index in [-0.39, 0.29) is 0 Å². The van der Waals surface area contributed by atoms with E-state index in [9.17, 15) is 0 Å². The number of benzene rings is 1. The Hall–Kier alpha value is -0.900. The van der Waals surface area contributed by atoms with Crippen LogP contribution in [0.3, 0.4) is 0 Å². The van der Waals surface area contributed by atoms with Gasteiger partial charge in [0.05, 0.1) is 10.7 Å². The lowest BCUT2D eigenvalue weighted by molar-refractivity contribution is 0.315. The molecule has 0 aliphatic rings. The molecule has 0 aliphatic carbocycles. The summed E-state index contributed by atoms with van der Waals surface area (Å²) in [5.41, 5.74) is 2.30. The van der Waals surface area contributed by atoms with Gasteiger partial charge in [0.15, 0.2) is 0 Å². The average molecular weight is 281 g/mol. The summed E-state index contributed by atoms with van der Waals surface area (Å²) < 4.78 is 0. The van der Waals surface area contributed by atoms with Crippen molar-refractivity contribution in [1.29, 1.82) is 0 Å². The van der Waals surface area contributed by atoms with Gasteiger partial charge in [-0.3, -0.25) is 4.90 Å². The summed E-state index contributed by atoms with van der Waals surface area (Å²) in [5.74, 6) is 0. The number of aryl methyl sites for hydroxylation is 1. The third-order valence-electron chi connectivity index (χ3n) is 2.73. The van der Waals surface area contributed by atoms with Gasteiger partial charge in [-0.1, -0.05) is 36.7 Å². The zero-order chi connectivity index (χ0) is 13.0. The van der Waals surface area contributed by atoms with E-state index < -0.39 is 0 Å². The maximum atomic E-state index is 6.16. The molecule has 2 rings (SSSR count). The molecule has 0 bridgehead atoms. The fourth-order valence-corrected chi connectivity index (χ4v) is 2.77. The first-order valence-electron chi connectivity index (χ1n) is 6.04. The number of rotatable bonds is 5. The van der Waals surface area contributed by atoms with Crippen molar-refractivity contribution >= 4 is 22.9 Å². The van der Waals surface area contributed by atoms with E-state index in [2.05, 4.69) is 35.3 Å². The lowest BCUT2D eigenvalue weighted by atomic mass is 10.2. The highest BCUT2D eigenvalue weighted by atomic mass is 35.5. The Morgan fingerprint density at radius 1 is 1.28 bits per heavy atom. The van der Waals surface area contributed by atoms with Crippen LogP contribution in [0.5, 0.6) is 0 Å². The second-order valence-corrected chi connectivity index (χ2v) is 5.70. The average Bonchev–Trinajstić information content (AvgIpc) is 2.80. The number of hydrogen-bond donors (Lipinski definition) is 0. The van der Waals surface area contributed by atoms with Gasteiger partial charge in [0.2, 0.25) is 0 Å². The van der Waals surface area contributed by atoms with Gasteiger partial charge >= 0.3 is 0 Å². The minimum Gasteiger partial charge on any atom is -0.296 e. The molecule has 0 saturated heterocycles. The molecule has 1 aromatic heterocycles. The molecule has 2 nitrogen and oxygen atoms in total. The van der Waals surface area contributed by atoms with Crippen LogP contribution in [-0.2, 0) is 19.5 Å². The van der Waals surface area contributed by atoms with E-state index in [1.165, 1.54) is 5.01 Å². The minimum atomic E-state index is 0.830. The lowest BCUT2D eigenvalue weighted by Crippen LogP contribution is -2.17. The van der Waals surface area contributed by atoms with Crippen LogP contribution in [0.4, 0.5) is 0 Å². The van der Waals surface area contributed by atoms with E-state index in [0.29, 0.717) is 0 Å². The highest BCUT2D eigenvalue weighted by Gasteiger charge is 2.07. The fraction of sp³-hybridized carbons (Fsp3) is 0.357. The van der Waals surface area contributed by atoms with E-state index in [1.54, 1.807) is 11.3 Å². The second-order valence-electron chi connectivity index (χ2n) is 4.35. The predicted molar refractivity (Wildman–Crippen MR) is 78.1 cm³/mol. The molecule has 1 heterocycles. The van der Waals surface area contributed by atoms with Gasteiger partial charge in [-0.15, -0.1) is 11.3 Å². The van der Waals surface area contributed by atoms with E-state index >= 15 is 0 Å². The smallest absolute Gasteiger partial charge is 0.0926 e. The molecular weight excluding hydrogens is 264 g/mol. The first-order chi connectivity index (χ1) is 8.69. The molecule has 4 heteroatoms. The molecule has 0 unspecified atom stereocenters. The van der Waals surface area contributed by atoms with Crippen LogP contribution in [-0.4, -0.2) is 16.9 Å². The van der Waals surface area contributed by atoms with E-state index in [0.717, 1.165) is 35.8 Å². The van der Waals surface area contributed by atoms with Gasteiger partial charge in [-0.25, -0.2) is 4.98 Å². The highest BCUT2D eigenvalue weighted by molar-refractivity contribution is 7.09. The van der Waals surface area contributed by atoms with Crippen LogP contribution in [0.25, 0.3) is 0 Å². The van der Waals surface area contributed by atoms with Crippen LogP contribution in [0.2, 0.25) is 5.02 Å². The number of thiazole rings is 1. The predicted octanol–water partition coefficient (Wildman–Crippen LogP) is 3.99. The number of hydrogen-bond acceptors (Lipinski definition) is 3. The van der Waals surface area contributed by atoms with Crippen LogP contribution in [0.1, 0.15) is 23.2 Å². The van der Waals surface area contributed by atoms with Crippen molar-refractivity contribution in [3.05, 3.63) is 50.9 Å². The summed E-state index contributed by atoms with van der Waals surface area (Å²) in [6.45, 7) is 3.84. The number of halogens is 1. The third-order valence-corrected chi connectivity index (χ3v) is 4.14. The van der Waals surface area contributed by atoms with Gasteiger partial charge in [0.1, 0.15) is 0 Å². The largest absolute Gasteiger partial charge is 0.296 e. The molecule has 0 aliphatic heterocycles. The SMILES string of the molecule is CCc1nc(CN(C)Cc2ccccc2Cl)cs1. The summed E-state index contributed by atoms with van der Waals surface area (Å²) >= 11 is 7.89. The maximum absolute atomic E-state index is 6.16. The molecule has 0 saturated carbocycles. The number of aromatic nitrogens is 1. The zero-order valence-corrected chi connectivity index (χ0v) is 12.3. The summed E-state index contributed by atoms with van der Waals surface area (Å²) in [7, 11) is 2.09. The zero-order valence-electron chi connectivity index (χ0n) is 10.7. The Morgan fingerprint density at radius 2 is 2.06 bits per heavy atom. The standard InChI is InChI=1S/C14H17ClN2S/c1-3-14-16-12(10-18-14)9-17(2)8-11-6-4-5-7-13(11)15/h4-7,10H,3,8-9H2,1-2H3. The highest BCUT2D eigenvalue weighted by Crippen LogP contribution is 2.18. The monoisotopic (exact) mass is 280 g/mol. The summed E-state index contributed by atoms with van der Waals surface area (Å²) in [6, 6.07) is 7.98. The van der Waals surface area contributed by atoms with Crippen molar-refractivity contribution in [3.8, 4) is 0 Å². The molecule has 0 N–H and O–H groups in total. The van der Waals surface area contributed by atoms with Crippen LogP contribution in [0, 0.1) is 0 Å². The van der Waals surface area contributed by atoms with Gasteiger partial charge in [-0.05, 0) is 25.1 Å². The first kappa shape index (κ1) is 13.5. The van der Waals surface area contributed by atoms with Crippen molar-refractivity contribution in [2.24, 2.45) is 0 Å². The molecule has 0 amide bonds. The van der Waals surface area contributed by atoms with Crippen molar-refractivity contribution in [3.63, 3.8) is 0 Å². The minimum absolute atomic E-state index is 0.830. The molecule has 1 aromatic carbocycles.